The van der Waals surface area contributed by atoms with Crippen LogP contribution in [0.25, 0.3) is 0 Å². The molecule has 1 heterocycles. The maximum Gasteiger partial charge on any atom is 0.292 e. The van der Waals surface area contributed by atoms with Crippen LogP contribution in [0, 0.1) is 0 Å². The van der Waals surface area contributed by atoms with Crippen LogP contribution in [-0.2, 0) is 6.42 Å². The van der Waals surface area contributed by atoms with Crippen molar-refractivity contribution in [1.29, 1.82) is 0 Å². The van der Waals surface area contributed by atoms with Gasteiger partial charge in [-0.25, -0.2) is 4.98 Å². The van der Waals surface area contributed by atoms with Crippen LogP contribution in [-0.4, -0.2) is 19.2 Å². The van der Waals surface area contributed by atoms with Gasteiger partial charge in [0.25, 0.3) is 6.01 Å². The van der Waals surface area contributed by atoms with E-state index in [0.717, 1.165) is 17.1 Å². The van der Waals surface area contributed by atoms with Gasteiger partial charge in [-0.15, -0.1) is 0 Å². The number of hydrogen-bond acceptors (Lipinski definition) is 5. The number of anilines is 1. The number of nitrogen functional groups attached to an aromatic ring is 1. The Morgan fingerprint density at radius 2 is 2.12 bits per heavy atom. The molecule has 2 rings (SSSR count). The molecule has 0 aliphatic carbocycles. The van der Waals surface area contributed by atoms with Gasteiger partial charge in [-0.1, -0.05) is 0 Å². The molecular weight excluding hydrogens is 220 g/mol. The molecule has 0 saturated carbocycles. The molecular formula is C12H14N2O3. The van der Waals surface area contributed by atoms with Crippen molar-refractivity contribution in [3.05, 3.63) is 35.7 Å². The lowest BCUT2D eigenvalue weighted by Gasteiger charge is -2.08. The molecule has 0 amide bonds. The molecule has 17 heavy (non-hydrogen) atoms. The lowest BCUT2D eigenvalue weighted by atomic mass is 10.1. The minimum atomic E-state index is 0.168. The van der Waals surface area contributed by atoms with E-state index in [9.17, 15) is 0 Å². The standard InChI is InChI=1S/C12H14N2O3/c1-15-9-3-4-11(16-2)8(5-9)6-10-7-14-12(13)17-10/h3-5,7H,6H2,1-2H3,(H2,13,14). The number of hydrogen-bond donors (Lipinski definition) is 1. The monoisotopic (exact) mass is 234 g/mol. The van der Waals surface area contributed by atoms with Crippen molar-refractivity contribution in [1.82, 2.24) is 4.98 Å². The SMILES string of the molecule is COc1ccc(OC)c(Cc2cnc(N)o2)c1. The first kappa shape index (κ1) is 11.3. The number of oxazole rings is 1. The molecule has 0 spiro atoms. The zero-order chi connectivity index (χ0) is 12.3. The summed E-state index contributed by atoms with van der Waals surface area (Å²) in [5, 5.41) is 0. The number of nitrogens with two attached hydrogens (primary N) is 1. The minimum absolute atomic E-state index is 0.168. The highest BCUT2D eigenvalue weighted by Gasteiger charge is 2.09. The van der Waals surface area contributed by atoms with Crippen molar-refractivity contribution in [2.24, 2.45) is 0 Å². The topological polar surface area (TPSA) is 70.5 Å². The van der Waals surface area contributed by atoms with Gasteiger partial charge in [0.2, 0.25) is 0 Å². The molecule has 90 valence electrons. The van der Waals surface area contributed by atoms with E-state index in [1.807, 2.05) is 18.2 Å². The average molecular weight is 234 g/mol. The third kappa shape index (κ3) is 2.50. The Labute approximate surface area is 99.2 Å². The van der Waals surface area contributed by atoms with Gasteiger partial charge in [0.1, 0.15) is 17.3 Å². The van der Waals surface area contributed by atoms with E-state index in [2.05, 4.69) is 4.98 Å². The van der Waals surface area contributed by atoms with E-state index in [1.165, 1.54) is 0 Å². The van der Waals surface area contributed by atoms with E-state index < -0.39 is 0 Å². The summed E-state index contributed by atoms with van der Waals surface area (Å²) in [4.78, 5) is 3.85. The van der Waals surface area contributed by atoms with E-state index in [4.69, 9.17) is 19.6 Å². The zero-order valence-electron chi connectivity index (χ0n) is 9.77. The van der Waals surface area contributed by atoms with Crippen molar-refractivity contribution < 1.29 is 13.9 Å². The summed E-state index contributed by atoms with van der Waals surface area (Å²) in [6, 6.07) is 5.77. The van der Waals surface area contributed by atoms with Crippen LogP contribution in [0.4, 0.5) is 6.01 Å². The van der Waals surface area contributed by atoms with Crippen LogP contribution in [0.5, 0.6) is 11.5 Å². The Morgan fingerprint density at radius 1 is 1.29 bits per heavy atom. The summed E-state index contributed by atoms with van der Waals surface area (Å²) in [5.74, 6) is 2.24. The van der Waals surface area contributed by atoms with Gasteiger partial charge in [0.05, 0.1) is 20.4 Å². The Balaban J connectivity index is 2.29. The summed E-state index contributed by atoms with van der Waals surface area (Å²) < 4.78 is 15.7. The predicted molar refractivity (Wildman–Crippen MR) is 63.3 cm³/mol. The van der Waals surface area contributed by atoms with Gasteiger partial charge < -0.3 is 19.6 Å². The molecule has 2 N–H and O–H groups in total. The fraction of sp³-hybridized carbons (Fsp3) is 0.250. The van der Waals surface area contributed by atoms with Gasteiger partial charge in [0, 0.05) is 12.0 Å². The van der Waals surface area contributed by atoms with Gasteiger partial charge in [-0.3, -0.25) is 0 Å². The fourth-order valence-corrected chi connectivity index (χ4v) is 1.61. The van der Waals surface area contributed by atoms with Crippen LogP contribution in [0.1, 0.15) is 11.3 Å². The van der Waals surface area contributed by atoms with Crippen LogP contribution in [0.15, 0.2) is 28.8 Å². The number of aromatic nitrogens is 1. The summed E-state index contributed by atoms with van der Waals surface area (Å²) in [7, 11) is 3.25. The van der Waals surface area contributed by atoms with E-state index in [0.29, 0.717) is 12.2 Å². The molecule has 0 fully saturated rings. The first-order valence-electron chi connectivity index (χ1n) is 5.14. The van der Waals surface area contributed by atoms with Crippen LogP contribution in [0.3, 0.4) is 0 Å². The van der Waals surface area contributed by atoms with Crippen molar-refractivity contribution in [3.63, 3.8) is 0 Å². The van der Waals surface area contributed by atoms with Gasteiger partial charge >= 0.3 is 0 Å². The summed E-state index contributed by atoms with van der Waals surface area (Å²) >= 11 is 0. The average Bonchev–Trinajstić information content (AvgIpc) is 2.74. The number of benzene rings is 1. The van der Waals surface area contributed by atoms with E-state index in [1.54, 1.807) is 20.4 Å². The normalized spacial score (nSPS) is 10.2. The number of methoxy groups -OCH3 is 2. The fourth-order valence-electron chi connectivity index (χ4n) is 1.61. The molecule has 0 saturated heterocycles. The Hall–Kier alpha value is -2.17. The third-order valence-corrected chi connectivity index (χ3v) is 2.42. The maximum absolute atomic E-state index is 5.43. The molecule has 0 bridgehead atoms. The Morgan fingerprint density at radius 3 is 2.71 bits per heavy atom. The lowest BCUT2D eigenvalue weighted by molar-refractivity contribution is 0.398. The number of ether oxygens (including phenoxy) is 2. The molecule has 5 nitrogen and oxygen atoms in total. The molecule has 0 radical (unpaired) electrons. The van der Waals surface area contributed by atoms with Gasteiger partial charge in [-0.05, 0) is 18.2 Å². The first-order chi connectivity index (χ1) is 8.22. The van der Waals surface area contributed by atoms with Gasteiger partial charge in [-0.2, -0.15) is 0 Å². The van der Waals surface area contributed by atoms with Crippen LogP contribution >= 0.6 is 0 Å². The zero-order valence-corrected chi connectivity index (χ0v) is 9.77. The summed E-state index contributed by atoms with van der Waals surface area (Å²) in [6.45, 7) is 0. The summed E-state index contributed by atoms with van der Waals surface area (Å²) in [6.07, 6.45) is 2.17. The smallest absolute Gasteiger partial charge is 0.292 e. The second-order valence-electron chi connectivity index (χ2n) is 3.52. The lowest BCUT2D eigenvalue weighted by Crippen LogP contribution is -1.94. The molecule has 0 aliphatic rings. The van der Waals surface area contributed by atoms with Crippen LogP contribution < -0.4 is 15.2 Å². The molecule has 1 aromatic heterocycles. The van der Waals surface area contributed by atoms with Gasteiger partial charge in [0.15, 0.2) is 0 Å². The van der Waals surface area contributed by atoms with E-state index >= 15 is 0 Å². The minimum Gasteiger partial charge on any atom is -0.497 e. The van der Waals surface area contributed by atoms with Crippen molar-refractivity contribution >= 4 is 6.01 Å². The first-order valence-corrected chi connectivity index (χ1v) is 5.14. The van der Waals surface area contributed by atoms with Crippen molar-refractivity contribution in [3.8, 4) is 11.5 Å². The van der Waals surface area contributed by atoms with Crippen molar-refractivity contribution in [2.45, 2.75) is 6.42 Å². The quantitative estimate of drug-likeness (QED) is 0.874. The highest BCUT2D eigenvalue weighted by Crippen LogP contribution is 2.26. The predicted octanol–water partition coefficient (Wildman–Crippen LogP) is 1.86. The van der Waals surface area contributed by atoms with Crippen molar-refractivity contribution in [2.75, 3.05) is 20.0 Å². The Bertz CT molecular complexity index is 508. The number of rotatable bonds is 4. The molecule has 0 atom stereocenters. The highest BCUT2D eigenvalue weighted by molar-refractivity contribution is 5.42. The molecule has 2 aromatic rings. The Kier molecular flexibility index (Phi) is 3.18. The molecule has 0 unspecified atom stereocenters. The van der Waals surface area contributed by atoms with Crippen LogP contribution in [0.2, 0.25) is 0 Å². The van der Waals surface area contributed by atoms with E-state index in [-0.39, 0.29) is 6.01 Å². The number of nitrogens with zero attached hydrogens (tertiary/aromatic N) is 1. The highest BCUT2D eigenvalue weighted by atomic mass is 16.5. The second kappa shape index (κ2) is 4.78. The maximum atomic E-state index is 5.43. The third-order valence-electron chi connectivity index (χ3n) is 2.42. The summed E-state index contributed by atoms with van der Waals surface area (Å²) in [5.41, 5.74) is 6.39. The largest absolute Gasteiger partial charge is 0.497 e. The molecule has 5 heteroatoms. The second-order valence-corrected chi connectivity index (χ2v) is 3.52. The molecule has 1 aromatic carbocycles. The molecule has 0 aliphatic heterocycles.